The largest absolute Gasteiger partial charge is 0.489 e. The second-order valence-corrected chi connectivity index (χ2v) is 6.44. The summed E-state index contributed by atoms with van der Waals surface area (Å²) in [6, 6.07) is 26.1. The normalized spacial score (nSPS) is 11.9. The van der Waals surface area contributed by atoms with Gasteiger partial charge in [0.2, 0.25) is 0 Å². The van der Waals surface area contributed by atoms with Crippen molar-refractivity contribution >= 4 is 0 Å². The fourth-order valence-electron chi connectivity index (χ4n) is 2.77. The third kappa shape index (κ3) is 5.19. The number of aryl methyl sites for hydroxylation is 1. The number of nitrogens with one attached hydrogen (secondary N) is 1. The Morgan fingerprint density at radius 3 is 2.35 bits per heavy atom. The third-order valence-corrected chi connectivity index (χ3v) is 4.33. The molecule has 0 aliphatic heterocycles. The van der Waals surface area contributed by atoms with Crippen molar-refractivity contribution in [2.75, 3.05) is 6.54 Å². The summed E-state index contributed by atoms with van der Waals surface area (Å²) in [5, 5.41) is 13.6. The lowest BCUT2D eigenvalue weighted by atomic mass is 10.1. The van der Waals surface area contributed by atoms with E-state index in [0.717, 1.165) is 22.4 Å². The quantitative estimate of drug-likeness (QED) is 0.635. The van der Waals surface area contributed by atoms with Crippen LogP contribution in [-0.2, 0) is 13.2 Å². The summed E-state index contributed by atoms with van der Waals surface area (Å²) >= 11 is 0. The number of benzene rings is 3. The monoisotopic (exact) mass is 347 g/mol. The highest BCUT2D eigenvalue weighted by atomic mass is 16.5. The molecule has 0 aromatic heterocycles. The predicted octanol–water partition coefficient (Wildman–Crippen LogP) is 4.40. The van der Waals surface area contributed by atoms with Crippen molar-refractivity contribution < 1.29 is 9.84 Å². The van der Waals surface area contributed by atoms with Gasteiger partial charge in [0.1, 0.15) is 12.4 Å². The van der Waals surface area contributed by atoms with Crippen molar-refractivity contribution in [1.29, 1.82) is 0 Å². The maximum absolute atomic E-state index is 10.2. The number of para-hydroxylation sites is 1. The molecule has 0 unspecified atom stereocenters. The summed E-state index contributed by atoms with van der Waals surface area (Å²) in [7, 11) is 0. The van der Waals surface area contributed by atoms with Crippen LogP contribution in [-0.4, -0.2) is 11.7 Å². The van der Waals surface area contributed by atoms with Crippen molar-refractivity contribution in [3.8, 4) is 5.75 Å². The molecule has 3 heteroatoms. The SMILES string of the molecule is Cc1ccc(COc2ccccc2CNC[C@H](O)c2ccccc2)cc1. The molecule has 0 spiro atoms. The van der Waals surface area contributed by atoms with Crippen LogP contribution in [0.1, 0.15) is 28.4 Å². The van der Waals surface area contributed by atoms with E-state index < -0.39 is 6.10 Å². The van der Waals surface area contributed by atoms with Gasteiger partial charge in [0.25, 0.3) is 0 Å². The molecule has 0 bridgehead atoms. The van der Waals surface area contributed by atoms with Crippen molar-refractivity contribution in [1.82, 2.24) is 5.32 Å². The van der Waals surface area contributed by atoms with E-state index >= 15 is 0 Å². The molecule has 1 atom stereocenters. The first kappa shape index (κ1) is 18.2. The summed E-state index contributed by atoms with van der Waals surface area (Å²) in [4.78, 5) is 0. The van der Waals surface area contributed by atoms with Crippen LogP contribution in [0.15, 0.2) is 78.9 Å². The zero-order valence-corrected chi connectivity index (χ0v) is 15.1. The van der Waals surface area contributed by atoms with Crippen LogP contribution >= 0.6 is 0 Å². The number of rotatable bonds is 8. The lowest BCUT2D eigenvalue weighted by Gasteiger charge is -2.15. The maximum atomic E-state index is 10.2. The Balaban J connectivity index is 1.54. The fourth-order valence-corrected chi connectivity index (χ4v) is 2.77. The van der Waals surface area contributed by atoms with E-state index in [2.05, 4.69) is 36.5 Å². The number of hydrogen-bond donors (Lipinski definition) is 2. The molecular formula is C23H25NO2. The molecule has 134 valence electrons. The van der Waals surface area contributed by atoms with Gasteiger partial charge in [-0.05, 0) is 24.1 Å². The minimum atomic E-state index is -0.517. The van der Waals surface area contributed by atoms with E-state index in [1.807, 2.05) is 54.6 Å². The van der Waals surface area contributed by atoms with Crippen LogP contribution < -0.4 is 10.1 Å². The zero-order valence-electron chi connectivity index (χ0n) is 15.1. The average molecular weight is 347 g/mol. The second kappa shape index (κ2) is 9.18. The first-order valence-electron chi connectivity index (χ1n) is 8.92. The van der Waals surface area contributed by atoms with Gasteiger partial charge in [-0.25, -0.2) is 0 Å². The van der Waals surface area contributed by atoms with Crippen LogP contribution in [0.2, 0.25) is 0 Å². The topological polar surface area (TPSA) is 41.5 Å². The van der Waals surface area contributed by atoms with Gasteiger partial charge in [0.05, 0.1) is 6.10 Å². The van der Waals surface area contributed by atoms with Crippen LogP contribution in [0.3, 0.4) is 0 Å². The molecule has 0 aliphatic rings. The van der Waals surface area contributed by atoms with Crippen molar-refractivity contribution in [3.05, 3.63) is 101 Å². The van der Waals surface area contributed by atoms with Gasteiger partial charge in [0.15, 0.2) is 0 Å². The van der Waals surface area contributed by atoms with Gasteiger partial charge in [-0.3, -0.25) is 0 Å². The molecule has 3 nitrogen and oxygen atoms in total. The predicted molar refractivity (Wildman–Crippen MR) is 105 cm³/mol. The lowest BCUT2D eigenvalue weighted by molar-refractivity contribution is 0.174. The molecule has 0 saturated carbocycles. The second-order valence-electron chi connectivity index (χ2n) is 6.44. The highest BCUT2D eigenvalue weighted by molar-refractivity contribution is 5.33. The third-order valence-electron chi connectivity index (χ3n) is 4.33. The van der Waals surface area contributed by atoms with Gasteiger partial charge in [-0.1, -0.05) is 78.4 Å². The zero-order chi connectivity index (χ0) is 18.2. The van der Waals surface area contributed by atoms with Gasteiger partial charge in [-0.2, -0.15) is 0 Å². The van der Waals surface area contributed by atoms with E-state index in [1.54, 1.807) is 0 Å². The number of ether oxygens (including phenoxy) is 1. The van der Waals surface area contributed by atoms with Crippen LogP contribution in [0.5, 0.6) is 5.75 Å². The van der Waals surface area contributed by atoms with Crippen molar-refractivity contribution in [2.45, 2.75) is 26.2 Å². The van der Waals surface area contributed by atoms with Gasteiger partial charge >= 0.3 is 0 Å². The Morgan fingerprint density at radius 2 is 1.58 bits per heavy atom. The molecular weight excluding hydrogens is 322 g/mol. The molecule has 3 aromatic rings. The molecule has 0 heterocycles. The number of hydrogen-bond acceptors (Lipinski definition) is 3. The number of aliphatic hydroxyl groups excluding tert-OH is 1. The molecule has 0 aliphatic carbocycles. The smallest absolute Gasteiger partial charge is 0.124 e. The molecule has 0 radical (unpaired) electrons. The standard InChI is InChI=1S/C23H25NO2/c1-18-11-13-19(14-12-18)17-26-23-10-6-5-9-21(23)15-24-16-22(25)20-7-3-2-4-8-20/h2-14,22,24-25H,15-17H2,1H3/t22-/m0/s1. The van der Waals surface area contributed by atoms with Crippen molar-refractivity contribution in [2.24, 2.45) is 0 Å². The van der Waals surface area contributed by atoms with E-state index in [9.17, 15) is 5.11 Å². The Labute approximate surface area is 155 Å². The molecule has 0 fully saturated rings. The Morgan fingerprint density at radius 1 is 0.885 bits per heavy atom. The molecule has 3 rings (SSSR count). The summed E-state index contributed by atoms with van der Waals surface area (Å²) in [5.41, 5.74) is 4.40. The van der Waals surface area contributed by atoms with E-state index in [4.69, 9.17) is 4.74 Å². The number of aliphatic hydroxyl groups is 1. The summed E-state index contributed by atoms with van der Waals surface area (Å²) in [6.45, 7) is 3.77. The molecule has 3 aromatic carbocycles. The molecule has 0 amide bonds. The van der Waals surface area contributed by atoms with Gasteiger partial charge < -0.3 is 15.2 Å². The highest BCUT2D eigenvalue weighted by Gasteiger charge is 2.08. The van der Waals surface area contributed by atoms with Crippen LogP contribution in [0.25, 0.3) is 0 Å². The van der Waals surface area contributed by atoms with Crippen LogP contribution in [0, 0.1) is 6.92 Å². The Kier molecular flexibility index (Phi) is 6.42. The fraction of sp³-hybridized carbons (Fsp3) is 0.217. The Hall–Kier alpha value is -2.62. The summed E-state index contributed by atoms with van der Waals surface area (Å²) < 4.78 is 6.00. The van der Waals surface area contributed by atoms with Gasteiger partial charge in [0, 0.05) is 18.7 Å². The van der Waals surface area contributed by atoms with E-state index in [1.165, 1.54) is 5.56 Å². The highest BCUT2D eigenvalue weighted by Crippen LogP contribution is 2.20. The Bertz CT molecular complexity index is 800. The first-order chi connectivity index (χ1) is 12.7. The van der Waals surface area contributed by atoms with E-state index in [-0.39, 0.29) is 0 Å². The minimum absolute atomic E-state index is 0.496. The molecule has 26 heavy (non-hydrogen) atoms. The lowest BCUT2D eigenvalue weighted by Crippen LogP contribution is -2.21. The summed E-state index contributed by atoms with van der Waals surface area (Å²) in [6.07, 6.45) is -0.517. The van der Waals surface area contributed by atoms with Crippen molar-refractivity contribution in [3.63, 3.8) is 0 Å². The maximum Gasteiger partial charge on any atom is 0.124 e. The van der Waals surface area contributed by atoms with Gasteiger partial charge in [-0.15, -0.1) is 0 Å². The van der Waals surface area contributed by atoms with Crippen LogP contribution in [0.4, 0.5) is 0 Å². The molecule has 2 N–H and O–H groups in total. The van der Waals surface area contributed by atoms with E-state index in [0.29, 0.717) is 19.7 Å². The first-order valence-corrected chi connectivity index (χ1v) is 8.92. The summed E-state index contributed by atoms with van der Waals surface area (Å²) in [5.74, 6) is 0.870. The molecule has 0 saturated heterocycles. The minimum Gasteiger partial charge on any atom is -0.489 e. The average Bonchev–Trinajstić information content (AvgIpc) is 2.69.